The molecule has 2 aromatic rings. The summed E-state index contributed by atoms with van der Waals surface area (Å²) in [5, 5.41) is 7.97. The maximum atomic E-state index is 4.55. The molecule has 4 nitrogen and oxygen atoms in total. The second kappa shape index (κ2) is 5.60. The lowest BCUT2D eigenvalue weighted by Crippen LogP contribution is -2.29. The van der Waals surface area contributed by atoms with Crippen LogP contribution < -0.4 is 5.32 Å². The average Bonchev–Trinajstić information content (AvgIpc) is 3.14. The van der Waals surface area contributed by atoms with Gasteiger partial charge in [-0.2, -0.15) is 5.10 Å². The maximum Gasteiger partial charge on any atom is 0.138 e. The number of hydrogen-bond donors (Lipinski definition) is 1. The number of hydrogen-bond acceptors (Lipinski definition) is 3. The molecule has 2 heterocycles. The number of nitrogens with zero attached hydrogens (tertiary/aromatic N) is 3. The molecule has 1 N–H and O–H groups in total. The zero-order valence-electron chi connectivity index (χ0n) is 12.3. The van der Waals surface area contributed by atoms with Crippen LogP contribution in [-0.2, 0) is 19.3 Å². The highest BCUT2D eigenvalue weighted by atomic mass is 15.3. The first-order valence-corrected chi connectivity index (χ1v) is 8.06. The number of benzene rings is 1. The summed E-state index contributed by atoms with van der Waals surface area (Å²) in [5.41, 5.74) is 2.96. The Kier molecular flexibility index (Phi) is 3.47. The van der Waals surface area contributed by atoms with E-state index < -0.39 is 0 Å². The van der Waals surface area contributed by atoms with E-state index in [1.54, 1.807) is 6.33 Å². The molecule has 0 atom stereocenters. The topological polar surface area (TPSA) is 42.7 Å². The molecule has 1 aromatic carbocycles. The Bertz CT molecular complexity index is 588. The summed E-state index contributed by atoms with van der Waals surface area (Å²) in [7, 11) is 0. The predicted octanol–water partition coefficient (Wildman–Crippen LogP) is 2.16. The molecular formula is C17H22N4. The highest BCUT2D eigenvalue weighted by molar-refractivity contribution is 5.32. The number of nitrogens with one attached hydrogen (secondary N) is 1. The second-order valence-corrected chi connectivity index (χ2v) is 6.35. The molecule has 1 fully saturated rings. The molecule has 2 aliphatic rings. The van der Waals surface area contributed by atoms with E-state index in [0.717, 1.165) is 38.3 Å². The summed E-state index contributed by atoms with van der Waals surface area (Å²) in [6.07, 6.45) is 7.53. The molecule has 0 amide bonds. The Morgan fingerprint density at radius 3 is 2.52 bits per heavy atom. The van der Waals surface area contributed by atoms with Crippen molar-refractivity contribution in [1.82, 2.24) is 20.1 Å². The van der Waals surface area contributed by atoms with Crippen molar-refractivity contribution in [3.8, 4) is 0 Å². The highest BCUT2D eigenvalue weighted by Gasteiger charge is 2.26. The zero-order chi connectivity index (χ0) is 14.1. The third-order valence-corrected chi connectivity index (χ3v) is 4.95. The van der Waals surface area contributed by atoms with Crippen molar-refractivity contribution >= 4 is 0 Å². The van der Waals surface area contributed by atoms with Gasteiger partial charge in [0, 0.05) is 6.42 Å². The van der Waals surface area contributed by atoms with Crippen LogP contribution in [0.5, 0.6) is 0 Å². The van der Waals surface area contributed by atoms with Gasteiger partial charge < -0.3 is 5.32 Å². The molecule has 0 spiro atoms. The first kappa shape index (κ1) is 13.0. The third kappa shape index (κ3) is 2.60. The monoisotopic (exact) mass is 282 g/mol. The fraction of sp³-hybridized carbons (Fsp3) is 0.529. The van der Waals surface area contributed by atoms with Crippen LogP contribution in [0.1, 0.15) is 35.8 Å². The van der Waals surface area contributed by atoms with Gasteiger partial charge in [-0.05, 0) is 55.8 Å². The van der Waals surface area contributed by atoms with E-state index >= 15 is 0 Å². The summed E-state index contributed by atoms with van der Waals surface area (Å²) >= 11 is 0. The first-order valence-electron chi connectivity index (χ1n) is 8.06. The lowest BCUT2D eigenvalue weighted by atomic mass is 9.94. The van der Waals surface area contributed by atoms with Gasteiger partial charge in [-0.1, -0.05) is 24.3 Å². The van der Waals surface area contributed by atoms with Gasteiger partial charge in [0.2, 0.25) is 0 Å². The molecule has 0 radical (unpaired) electrons. The van der Waals surface area contributed by atoms with Crippen LogP contribution in [0.15, 0.2) is 30.6 Å². The number of rotatable bonds is 3. The molecule has 0 unspecified atom stereocenters. The number of fused-ring (bicyclic) bond motifs is 1. The number of piperidine rings is 1. The van der Waals surface area contributed by atoms with Crippen LogP contribution >= 0.6 is 0 Å². The molecule has 1 aliphatic carbocycles. The van der Waals surface area contributed by atoms with Gasteiger partial charge in [0.1, 0.15) is 12.2 Å². The van der Waals surface area contributed by atoms with Crippen molar-refractivity contribution in [2.24, 2.45) is 5.92 Å². The summed E-state index contributed by atoms with van der Waals surface area (Å²) < 4.78 is 2.20. The number of aromatic nitrogens is 3. The lowest BCUT2D eigenvalue weighted by Gasteiger charge is -2.23. The van der Waals surface area contributed by atoms with Crippen LogP contribution in [0.2, 0.25) is 0 Å². The highest BCUT2D eigenvalue weighted by Crippen LogP contribution is 2.30. The Hall–Kier alpha value is -1.68. The van der Waals surface area contributed by atoms with Crippen molar-refractivity contribution in [2.45, 2.75) is 38.1 Å². The van der Waals surface area contributed by atoms with Crippen LogP contribution in [0.25, 0.3) is 0 Å². The van der Waals surface area contributed by atoms with Crippen LogP contribution in [-0.4, -0.2) is 27.9 Å². The van der Waals surface area contributed by atoms with E-state index in [-0.39, 0.29) is 0 Å². The molecule has 1 aliphatic heterocycles. The van der Waals surface area contributed by atoms with E-state index in [4.69, 9.17) is 0 Å². The van der Waals surface area contributed by atoms with Crippen molar-refractivity contribution < 1.29 is 0 Å². The van der Waals surface area contributed by atoms with Crippen molar-refractivity contribution in [3.63, 3.8) is 0 Å². The van der Waals surface area contributed by atoms with Crippen LogP contribution in [0, 0.1) is 5.92 Å². The fourth-order valence-corrected chi connectivity index (χ4v) is 3.78. The minimum absolute atomic E-state index is 0.460. The van der Waals surface area contributed by atoms with E-state index in [0.29, 0.717) is 6.04 Å². The summed E-state index contributed by atoms with van der Waals surface area (Å²) in [5.74, 6) is 1.94. The van der Waals surface area contributed by atoms with Crippen LogP contribution in [0.3, 0.4) is 0 Å². The lowest BCUT2D eigenvalue weighted by molar-refractivity contribution is 0.352. The summed E-state index contributed by atoms with van der Waals surface area (Å²) in [6, 6.07) is 9.23. The smallest absolute Gasteiger partial charge is 0.138 e. The molecule has 110 valence electrons. The minimum Gasteiger partial charge on any atom is -0.317 e. The molecule has 1 saturated heterocycles. The standard InChI is InChI=1S/C17H22N4/c1-2-4-15-11-16(10-14(15)3-1)21-17(19-12-20-21)9-13-5-7-18-8-6-13/h1-4,12-13,16,18H,5-11H2. The molecule has 1 aromatic heterocycles. The van der Waals surface area contributed by atoms with Crippen molar-refractivity contribution in [3.05, 3.63) is 47.5 Å². The van der Waals surface area contributed by atoms with Gasteiger partial charge in [0.05, 0.1) is 6.04 Å². The maximum absolute atomic E-state index is 4.55. The average molecular weight is 282 g/mol. The molecular weight excluding hydrogens is 260 g/mol. The Morgan fingerprint density at radius 1 is 1.10 bits per heavy atom. The van der Waals surface area contributed by atoms with Crippen molar-refractivity contribution in [2.75, 3.05) is 13.1 Å². The normalized spacial score (nSPS) is 19.8. The van der Waals surface area contributed by atoms with Gasteiger partial charge in [-0.3, -0.25) is 0 Å². The largest absolute Gasteiger partial charge is 0.317 e. The third-order valence-electron chi connectivity index (χ3n) is 4.95. The predicted molar refractivity (Wildman–Crippen MR) is 82.2 cm³/mol. The Morgan fingerprint density at radius 2 is 1.81 bits per heavy atom. The quantitative estimate of drug-likeness (QED) is 0.938. The Balaban J connectivity index is 1.51. The van der Waals surface area contributed by atoms with Gasteiger partial charge >= 0.3 is 0 Å². The van der Waals surface area contributed by atoms with Gasteiger partial charge in [-0.15, -0.1) is 0 Å². The van der Waals surface area contributed by atoms with Crippen LogP contribution in [0.4, 0.5) is 0 Å². The van der Waals surface area contributed by atoms with E-state index in [1.165, 1.54) is 29.8 Å². The molecule has 4 heteroatoms. The Labute approximate surface area is 125 Å². The molecule has 0 saturated carbocycles. The molecule has 4 rings (SSSR count). The van der Waals surface area contributed by atoms with Gasteiger partial charge in [-0.25, -0.2) is 9.67 Å². The summed E-state index contributed by atoms with van der Waals surface area (Å²) in [4.78, 5) is 4.55. The fourth-order valence-electron chi connectivity index (χ4n) is 3.78. The molecule has 21 heavy (non-hydrogen) atoms. The first-order chi connectivity index (χ1) is 10.4. The minimum atomic E-state index is 0.460. The van der Waals surface area contributed by atoms with Gasteiger partial charge in [0.25, 0.3) is 0 Å². The van der Waals surface area contributed by atoms with E-state index in [9.17, 15) is 0 Å². The van der Waals surface area contributed by atoms with E-state index in [1.807, 2.05) is 0 Å². The van der Waals surface area contributed by atoms with Crippen molar-refractivity contribution in [1.29, 1.82) is 0 Å². The van der Waals surface area contributed by atoms with E-state index in [2.05, 4.69) is 44.3 Å². The summed E-state index contributed by atoms with van der Waals surface area (Å²) in [6.45, 7) is 2.29. The SMILES string of the molecule is c1ccc2c(c1)CC(n1ncnc1CC1CCNCC1)C2. The second-order valence-electron chi connectivity index (χ2n) is 6.35. The molecule has 0 bridgehead atoms. The zero-order valence-corrected chi connectivity index (χ0v) is 12.3. The van der Waals surface area contributed by atoms with Gasteiger partial charge in [0.15, 0.2) is 0 Å².